The SMILES string of the molecule is COC[C@H](C(=O)Nc1cccc2c1CC=C2c1nc(Nc2cnc(CO)c(OC)c2)ncc1C)N1CCN(C)CC1. The number of anilines is 3. The Labute approximate surface area is 240 Å². The monoisotopic (exact) mass is 559 g/mol. The minimum atomic E-state index is -0.351. The molecule has 3 heterocycles. The molecule has 41 heavy (non-hydrogen) atoms. The molecule has 1 aliphatic carbocycles. The highest BCUT2D eigenvalue weighted by molar-refractivity contribution is 5.97. The molecule has 5 rings (SSSR count). The van der Waals surface area contributed by atoms with Gasteiger partial charge in [-0.3, -0.25) is 14.7 Å². The number of aliphatic hydroxyl groups excluding tert-OH is 1. The van der Waals surface area contributed by atoms with Crippen LogP contribution in [0.25, 0.3) is 5.57 Å². The number of rotatable bonds is 10. The van der Waals surface area contributed by atoms with E-state index in [1.165, 1.54) is 7.11 Å². The van der Waals surface area contributed by atoms with Gasteiger partial charge in [-0.1, -0.05) is 18.2 Å². The first-order valence-corrected chi connectivity index (χ1v) is 13.7. The first-order chi connectivity index (χ1) is 19.9. The molecule has 1 amide bonds. The van der Waals surface area contributed by atoms with Gasteiger partial charge in [0.25, 0.3) is 0 Å². The van der Waals surface area contributed by atoms with Gasteiger partial charge < -0.3 is 30.1 Å². The molecule has 1 atom stereocenters. The molecule has 2 aliphatic rings. The zero-order valence-electron chi connectivity index (χ0n) is 24.0. The average molecular weight is 560 g/mol. The second kappa shape index (κ2) is 12.7. The van der Waals surface area contributed by atoms with Crippen molar-refractivity contribution in [2.45, 2.75) is 26.0 Å². The van der Waals surface area contributed by atoms with Crippen molar-refractivity contribution in [2.75, 3.05) is 64.7 Å². The fourth-order valence-corrected chi connectivity index (χ4v) is 5.31. The smallest absolute Gasteiger partial charge is 0.244 e. The van der Waals surface area contributed by atoms with E-state index < -0.39 is 0 Å². The van der Waals surface area contributed by atoms with E-state index in [1.54, 1.807) is 25.6 Å². The van der Waals surface area contributed by atoms with Gasteiger partial charge >= 0.3 is 0 Å². The number of likely N-dealkylation sites (N-methyl/N-ethyl adjacent to an activating group) is 1. The quantitative estimate of drug-likeness (QED) is 0.341. The Morgan fingerprint density at radius 3 is 2.68 bits per heavy atom. The molecule has 3 aromatic rings. The maximum Gasteiger partial charge on any atom is 0.244 e. The number of aliphatic hydroxyl groups is 1. The fourth-order valence-electron chi connectivity index (χ4n) is 5.31. The van der Waals surface area contributed by atoms with E-state index in [0.29, 0.717) is 36.1 Å². The van der Waals surface area contributed by atoms with Crippen LogP contribution in [0.1, 0.15) is 28.1 Å². The van der Waals surface area contributed by atoms with Crippen molar-refractivity contribution in [1.29, 1.82) is 0 Å². The average Bonchev–Trinajstić information content (AvgIpc) is 3.42. The first kappa shape index (κ1) is 28.6. The van der Waals surface area contributed by atoms with Gasteiger partial charge in [0.15, 0.2) is 0 Å². The first-order valence-electron chi connectivity index (χ1n) is 13.7. The lowest BCUT2D eigenvalue weighted by Crippen LogP contribution is -2.54. The number of nitrogens with zero attached hydrogens (tertiary/aromatic N) is 5. The number of aromatic nitrogens is 3. The number of carbonyl (C=O) groups excluding carboxylic acids is 1. The van der Waals surface area contributed by atoms with Crippen LogP contribution in [0.3, 0.4) is 0 Å². The predicted molar refractivity (Wildman–Crippen MR) is 157 cm³/mol. The summed E-state index contributed by atoms with van der Waals surface area (Å²) in [5.41, 5.74) is 6.75. The van der Waals surface area contributed by atoms with E-state index in [1.807, 2.05) is 19.1 Å². The molecular weight excluding hydrogens is 522 g/mol. The molecule has 216 valence electrons. The maximum atomic E-state index is 13.5. The molecule has 0 saturated carbocycles. The number of hydrogen-bond acceptors (Lipinski definition) is 10. The molecule has 1 aliphatic heterocycles. The molecule has 0 unspecified atom stereocenters. The summed E-state index contributed by atoms with van der Waals surface area (Å²) < 4.78 is 10.8. The predicted octanol–water partition coefficient (Wildman–Crippen LogP) is 2.61. The maximum absolute atomic E-state index is 13.5. The second-order valence-electron chi connectivity index (χ2n) is 10.3. The number of allylic oxidation sites excluding steroid dienone is 1. The number of benzene rings is 1. The molecule has 2 aromatic heterocycles. The normalized spacial score (nSPS) is 16.2. The zero-order valence-corrected chi connectivity index (χ0v) is 24.0. The largest absolute Gasteiger partial charge is 0.495 e. The van der Waals surface area contributed by atoms with E-state index in [4.69, 9.17) is 14.5 Å². The zero-order chi connectivity index (χ0) is 28.9. The van der Waals surface area contributed by atoms with E-state index in [2.05, 4.69) is 49.6 Å². The van der Waals surface area contributed by atoms with Gasteiger partial charge in [-0.05, 0) is 43.1 Å². The lowest BCUT2D eigenvalue weighted by molar-refractivity contribution is -0.124. The van der Waals surface area contributed by atoms with E-state index >= 15 is 0 Å². The van der Waals surface area contributed by atoms with E-state index in [0.717, 1.165) is 59.8 Å². The minimum Gasteiger partial charge on any atom is -0.495 e. The minimum absolute atomic E-state index is 0.0563. The van der Waals surface area contributed by atoms with Crippen LogP contribution in [-0.2, 0) is 22.6 Å². The molecule has 3 N–H and O–H groups in total. The van der Waals surface area contributed by atoms with Gasteiger partial charge in [0.2, 0.25) is 11.9 Å². The molecular formula is C30H37N7O4. The van der Waals surface area contributed by atoms with Crippen LogP contribution < -0.4 is 15.4 Å². The van der Waals surface area contributed by atoms with Crippen molar-refractivity contribution in [1.82, 2.24) is 24.8 Å². The molecule has 1 aromatic carbocycles. The van der Waals surface area contributed by atoms with Crippen molar-refractivity contribution in [3.8, 4) is 5.75 Å². The van der Waals surface area contributed by atoms with Crippen molar-refractivity contribution in [3.05, 3.63) is 70.8 Å². The van der Waals surface area contributed by atoms with Crippen LogP contribution in [0.15, 0.2) is 42.7 Å². The van der Waals surface area contributed by atoms with Crippen LogP contribution in [0.4, 0.5) is 17.3 Å². The Hall–Kier alpha value is -3.90. The second-order valence-corrected chi connectivity index (χ2v) is 10.3. The van der Waals surface area contributed by atoms with E-state index in [-0.39, 0.29) is 18.6 Å². The Bertz CT molecular complexity index is 1440. The molecule has 0 bridgehead atoms. The highest BCUT2D eigenvalue weighted by Crippen LogP contribution is 2.37. The summed E-state index contributed by atoms with van der Waals surface area (Å²) >= 11 is 0. The van der Waals surface area contributed by atoms with Gasteiger partial charge in [0, 0.05) is 56.8 Å². The van der Waals surface area contributed by atoms with Gasteiger partial charge in [0.05, 0.1) is 37.9 Å². The topological polar surface area (TPSA) is 125 Å². The van der Waals surface area contributed by atoms with Crippen LogP contribution in [0, 0.1) is 6.92 Å². The number of hydrogen-bond donors (Lipinski definition) is 3. The van der Waals surface area contributed by atoms with E-state index in [9.17, 15) is 9.90 Å². The number of methoxy groups -OCH3 is 2. The number of ether oxygens (including phenoxy) is 2. The van der Waals surface area contributed by atoms with Gasteiger partial charge in [-0.15, -0.1) is 0 Å². The summed E-state index contributed by atoms with van der Waals surface area (Å²) in [6.07, 6.45) is 6.22. The van der Waals surface area contributed by atoms with Crippen molar-refractivity contribution < 1.29 is 19.4 Å². The highest BCUT2D eigenvalue weighted by Gasteiger charge is 2.30. The summed E-state index contributed by atoms with van der Waals surface area (Å²) in [5, 5.41) is 15.8. The fraction of sp³-hybridized carbons (Fsp3) is 0.400. The third kappa shape index (κ3) is 6.23. The molecule has 11 nitrogen and oxygen atoms in total. The third-order valence-electron chi connectivity index (χ3n) is 7.62. The number of fused-ring (bicyclic) bond motifs is 1. The van der Waals surface area contributed by atoms with Crippen LogP contribution in [0.2, 0.25) is 0 Å². The summed E-state index contributed by atoms with van der Waals surface area (Å²) in [4.78, 5) is 31.5. The Morgan fingerprint density at radius 2 is 1.95 bits per heavy atom. The lowest BCUT2D eigenvalue weighted by atomic mass is 9.99. The van der Waals surface area contributed by atoms with Crippen LogP contribution >= 0.6 is 0 Å². The Morgan fingerprint density at radius 1 is 1.15 bits per heavy atom. The number of nitrogens with one attached hydrogen (secondary N) is 2. The molecule has 11 heteroatoms. The molecule has 1 fully saturated rings. The summed E-state index contributed by atoms with van der Waals surface area (Å²) in [6, 6.07) is 7.38. The molecule has 0 spiro atoms. The Kier molecular flexibility index (Phi) is 8.89. The lowest BCUT2D eigenvalue weighted by Gasteiger charge is -2.36. The summed E-state index contributed by atoms with van der Waals surface area (Å²) in [7, 11) is 5.27. The van der Waals surface area contributed by atoms with Crippen molar-refractivity contribution in [2.24, 2.45) is 0 Å². The van der Waals surface area contributed by atoms with Crippen molar-refractivity contribution >= 4 is 28.8 Å². The summed E-state index contributed by atoms with van der Waals surface area (Å²) in [6.45, 7) is 5.61. The van der Waals surface area contributed by atoms with Crippen LogP contribution in [-0.4, -0.2) is 95.9 Å². The number of piperazine rings is 1. The van der Waals surface area contributed by atoms with Gasteiger partial charge in [-0.2, -0.15) is 0 Å². The Balaban J connectivity index is 1.36. The molecule has 0 radical (unpaired) electrons. The van der Waals surface area contributed by atoms with Crippen LogP contribution in [0.5, 0.6) is 5.75 Å². The summed E-state index contributed by atoms with van der Waals surface area (Å²) in [5.74, 6) is 0.839. The highest BCUT2D eigenvalue weighted by atomic mass is 16.5. The van der Waals surface area contributed by atoms with Gasteiger partial charge in [-0.25, -0.2) is 9.97 Å². The number of amides is 1. The van der Waals surface area contributed by atoms with Crippen molar-refractivity contribution in [3.63, 3.8) is 0 Å². The standard InChI is InChI=1S/C30H37N7O4/c1-19-15-32-30(33-20-14-27(41-4)25(17-38)31-16-20)35-28(19)23-9-8-22-21(23)6-5-7-24(22)34-29(39)26(18-40-3)37-12-10-36(2)11-13-37/h5-7,9,14-16,26,38H,8,10-13,17-18H2,1-4H3,(H,34,39)(H,32,33,35)/t26-/m1/s1. The number of pyridine rings is 1. The molecule has 1 saturated heterocycles. The number of carbonyl (C=O) groups is 1. The number of aryl methyl sites for hydroxylation is 1. The third-order valence-corrected chi connectivity index (χ3v) is 7.62. The van der Waals surface area contributed by atoms with Gasteiger partial charge in [0.1, 0.15) is 17.5 Å².